The van der Waals surface area contributed by atoms with E-state index in [1.165, 1.54) is 30.3 Å². The van der Waals surface area contributed by atoms with Gasteiger partial charge in [0, 0.05) is 11.6 Å². The molecule has 0 aromatic heterocycles. The molecule has 0 aliphatic carbocycles. The SMILES string of the molecule is CCOCCOC(=O)c1ccc(OC(=O)COc2ccc(Cl)cc2Cl)cc1. The van der Waals surface area contributed by atoms with Crippen molar-refractivity contribution in [1.82, 2.24) is 0 Å². The molecule has 0 bridgehead atoms. The van der Waals surface area contributed by atoms with Crippen molar-refractivity contribution in [3.63, 3.8) is 0 Å². The molecule has 0 fully saturated rings. The number of esters is 2. The van der Waals surface area contributed by atoms with Crippen molar-refractivity contribution in [1.29, 1.82) is 0 Å². The highest BCUT2D eigenvalue weighted by molar-refractivity contribution is 6.35. The molecule has 2 rings (SSSR count). The number of halogens is 2. The maximum absolute atomic E-state index is 11.9. The zero-order valence-corrected chi connectivity index (χ0v) is 16.1. The lowest BCUT2D eigenvalue weighted by Gasteiger charge is -2.09. The zero-order chi connectivity index (χ0) is 19.6. The topological polar surface area (TPSA) is 71.1 Å². The van der Waals surface area contributed by atoms with Crippen LogP contribution in [-0.4, -0.2) is 38.4 Å². The van der Waals surface area contributed by atoms with E-state index in [2.05, 4.69) is 0 Å². The highest BCUT2D eigenvalue weighted by Crippen LogP contribution is 2.27. The Bertz CT molecular complexity index is 776. The molecule has 0 N–H and O–H groups in total. The quantitative estimate of drug-likeness (QED) is 0.349. The summed E-state index contributed by atoms with van der Waals surface area (Å²) >= 11 is 11.8. The van der Waals surface area contributed by atoms with Crippen LogP contribution in [-0.2, 0) is 14.3 Å². The zero-order valence-electron chi connectivity index (χ0n) is 14.6. The molecule has 8 heteroatoms. The highest BCUT2D eigenvalue weighted by atomic mass is 35.5. The van der Waals surface area contributed by atoms with E-state index in [0.29, 0.717) is 34.6 Å². The van der Waals surface area contributed by atoms with Crippen LogP contribution < -0.4 is 9.47 Å². The van der Waals surface area contributed by atoms with E-state index in [9.17, 15) is 9.59 Å². The molecule has 27 heavy (non-hydrogen) atoms. The average molecular weight is 413 g/mol. The maximum atomic E-state index is 11.9. The van der Waals surface area contributed by atoms with Crippen LogP contribution in [0.4, 0.5) is 0 Å². The summed E-state index contributed by atoms with van der Waals surface area (Å²) in [7, 11) is 0. The van der Waals surface area contributed by atoms with Crippen molar-refractivity contribution >= 4 is 35.1 Å². The van der Waals surface area contributed by atoms with E-state index in [0.717, 1.165) is 0 Å². The molecule has 0 atom stereocenters. The van der Waals surface area contributed by atoms with E-state index in [1.54, 1.807) is 12.1 Å². The Balaban J connectivity index is 1.81. The van der Waals surface area contributed by atoms with Crippen molar-refractivity contribution in [3.8, 4) is 11.5 Å². The minimum atomic E-state index is -0.618. The van der Waals surface area contributed by atoms with Gasteiger partial charge in [-0.2, -0.15) is 0 Å². The molecule has 2 aromatic rings. The predicted molar refractivity (Wildman–Crippen MR) is 101 cm³/mol. The first-order valence-corrected chi connectivity index (χ1v) is 8.88. The predicted octanol–water partition coefficient (Wildman–Crippen LogP) is 4.17. The summed E-state index contributed by atoms with van der Waals surface area (Å²) in [6.45, 7) is 2.61. The van der Waals surface area contributed by atoms with Gasteiger partial charge >= 0.3 is 11.9 Å². The summed E-state index contributed by atoms with van der Waals surface area (Å²) < 4.78 is 20.6. The van der Waals surface area contributed by atoms with Crippen LogP contribution in [0.25, 0.3) is 0 Å². The Morgan fingerprint density at radius 1 is 1.00 bits per heavy atom. The van der Waals surface area contributed by atoms with Crippen molar-refractivity contribution < 1.29 is 28.5 Å². The van der Waals surface area contributed by atoms with Gasteiger partial charge in [-0.1, -0.05) is 23.2 Å². The molecule has 0 spiro atoms. The fourth-order valence-corrected chi connectivity index (χ4v) is 2.43. The van der Waals surface area contributed by atoms with Crippen molar-refractivity contribution in [3.05, 3.63) is 58.1 Å². The van der Waals surface area contributed by atoms with Crippen LogP contribution in [0.3, 0.4) is 0 Å². The second-order valence-electron chi connectivity index (χ2n) is 5.19. The third kappa shape index (κ3) is 7.09. The lowest BCUT2D eigenvalue weighted by atomic mass is 10.2. The molecule has 2 aromatic carbocycles. The summed E-state index contributed by atoms with van der Waals surface area (Å²) in [6, 6.07) is 10.7. The summed E-state index contributed by atoms with van der Waals surface area (Å²) in [4.78, 5) is 23.7. The van der Waals surface area contributed by atoms with E-state index >= 15 is 0 Å². The first kappa shape index (κ1) is 21.0. The summed E-state index contributed by atoms with van der Waals surface area (Å²) in [5, 5.41) is 0.758. The van der Waals surface area contributed by atoms with Crippen LogP contribution in [0, 0.1) is 0 Å². The van der Waals surface area contributed by atoms with Gasteiger partial charge in [-0.15, -0.1) is 0 Å². The monoisotopic (exact) mass is 412 g/mol. The molecule has 0 saturated carbocycles. The summed E-state index contributed by atoms with van der Waals surface area (Å²) in [6.07, 6.45) is 0. The van der Waals surface area contributed by atoms with Crippen molar-refractivity contribution in [2.45, 2.75) is 6.92 Å². The van der Waals surface area contributed by atoms with E-state index in [-0.39, 0.29) is 19.0 Å². The third-order valence-electron chi connectivity index (χ3n) is 3.23. The highest BCUT2D eigenvalue weighted by Gasteiger charge is 2.11. The van der Waals surface area contributed by atoms with E-state index < -0.39 is 11.9 Å². The summed E-state index contributed by atoms with van der Waals surface area (Å²) in [5.74, 6) is -0.499. The van der Waals surface area contributed by atoms with Gasteiger partial charge in [-0.25, -0.2) is 9.59 Å². The number of benzene rings is 2. The third-order valence-corrected chi connectivity index (χ3v) is 3.76. The molecular weight excluding hydrogens is 395 g/mol. The Labute approximate surface area is 166 Å². The number of carbonyl (C=O) groups excluding carboxylic acids is 2. The Kier molecular flexibility index (Phi) is 8.39. The maximum Gasteiger partial charge on any atom is 0.349 e. The normalized spacial score (nSPS) is 10.3. The molecule has 0 unspecified atom stereocenters. The minimum absolute atomic E-state index is 0.175. The fraction of sp³-hybridized carbons (Fsp3) is 0.263. The standard InChI is InChI=1S/C19H18Cl2O6/c1-2-24-9-10-25-19(23)13-3-6-15(7-4-13)27-18(22)12-26-17-8-5-14(20)11-16(17)21/h3-8,11H,2,9-10,12H2,1H3. The molecule has 0 amide bonds. The number of hydrogen-bond acceptors (Lipinski definition) is 6. The molecule has 0 saturated heterocycles. The van der Waals surface area contributed by atoms with Crippen molar-refractivity contribution in [2.24, 2.45) is 0 Å². The van der Waals surface area contributed by atoms with Gasteiger partial charge in [-0.3, -0.25) is 0 Å². The Hall–Kier alpha value is -2.28. The smallest absolute Gasteiger partial charge is 0.349 e. The first-order valence-electron chi connectivity index (χ1n) is 8.13. The number of ether oxygens (including phenoxy) is 4. The molecule has 144 valence electrons. The summed E-state index contributed by atoms with van der Waals surface area (Å²) in [5.41, 5.74) is 0.343. The van der Waals surface area contributed by atoms with Crippen LogP contribution in [0.5, 0.6) is 11.5 Å². The lowest BCUT2D eigenvalue weighted by Crippen LogP contribution is -2.18. The number of carbonyl (C=O) groups is 2. The molecule has 0 aliphatic rings. The Morgan fingerprint density at radius 2 is 1.74 bits per heavy atom. The average Bonchev–Trinajstić information content (AvgIpc) is 2.65. The van der Waals surface area contributed by atoms with Crippen LogP contribution in [0.15, 0.2) is 42.5 Å². The largest absolute Gasteiger partial charge is 0.480 e. The van der Waals surface area contributed by atoms with Gasteiger partial charge in [0.15, 0.2) is 6.61 Å². The van der Waals surface area contributed by atoms with Crippen LogP contribution in [0.1, 0.15) is 17.3 Å². The lowest BCUT2D eigenvalue weighted by molar-refractivity contribution is -0.136. The molecule has 0 heterocycles. The second kappa shape index (κ2) is 10.8. The number of rotatable bonds is 9. The van der Waals surface area contributed by atoms with Gasteiger partial charge in [0.1, 0.15) is 18.1 Å². The van der Waals surface area contributed by atoms with E-state index in [1.807, 2.05) is 6.92 Å². The van der Waals surface area contributed by atoms with Gasteiger partial charge < -0.3 is 18.9 Å². The first-order chi connectivity index (χ1) is 13.0. The number of hydrogen-bond donors (Lipinski definition) is 0. The van der Waals surface area contributed by atoms with Crippen molar-refractivity contribution in [2.75, 3.05) is 26.4 Å². The molecule has 0 aliphatic heterocycles. The van der Waals surface area contributed by atoms with Crippen LogP contribution >= 0.6 is 23.2 Å². The molecular formula is C19H18Cl2O6. The second-order valence-corrected chi connectivity index (χ2v) is 6.04. The fourth-order valence-electron chi connectivity index (χ4n) is 1.97. The van der Waals surface area contributed by atoms with Crippen LogP contribution in [0.2, 0.25) is 10.0 Å². The van der Waals surface area contributed by atoms with Gasteiger partial charge in [-0.05, 0) is 49.4 Å². The van der Waals surface area contributed by atoms with Gasteiger partial charge in [0.2, 0.25) is 0 Å². The molecule has 0 radical (unpaired) electrons. The van der Waals surface area contributed by atoms with E-state index in [4.69, 9.17) is 42.1 Å². The Morgan fingerprint density at radius 3 is 2.41 bits per heavy atom. The minimum Gasteiger partial charge on any atom is -0.480 e. The molecule has 6 nitrogen and oxygen atoms in total. The van der Waals surface area contributed by atoms with Gasteiger partial charge in [0.05, 0.1) is 17.2 Å². The van der Waals surface area contributed by atoms with Gasteiger partial charge in [0.25, 0.3) is 0 Å².